The lowest BCUT2D eigenvalue weighted by molar-refractivity contribution is -0.118. The normalized spacial score (nSPS) is 16.8. The van der Waals surface area contributed by atoms with Crippen LogP contribution in [0.25, 0.3) is 11.0 Å². The molecule has 0 aliphatic carbocycles. The Hall–Kier alpha value is -3.68. The van der Waals surface area contributed by atoms with Crippen molar-refractivity contribution in [3.8, 4) is 0 Å². The van der Waals surface area contributed by atoms with Crippen molar-refractivity contribution in [1.29, 1.82) is 0 Å². The highest BCUT2D eigenvalue weighted by atomic mass is 16.6. The van der Waals surface area contributed by atoms with Gasteiger partial charge < -0.3 is 16.0 Å². The maximum absolute atomic E-state index is 12.9. The summed E-state index contributed by atoms with van der Waals surface area (Å²) in [6, 6.07) is 13.9. The Bertz CT molecular complexity index is 1040. The highest BCUT2D eigenvalue weighted by molar-refractivity contribution is 5.99. The second kappa shape index (κ2) is 6.91. The third-order valence-corrected chi connectivity index (χ3v) is 4.44. The van der Waals surface area contributed by atoms with Gasteiger partial charge in [-0.05, 0) is 28.9 Å². The Balaban J connectivity index is 1.67. The number of fused-ring (bicyclic) bond motifs is 1. The van der Waals surface area contributed by atoms with Gasteiger partial charge in [0.05, 0.1) is 11.6 Å². The van der Waals surface area contributed by atoms with E-state index in [9.17, 15) is 9.59 Å². The van der Waals surface area contributed by atoms with E-state index in [2.05, 4.69) is 26.3 Å². The minimum Gasteiger partial charge on any atom is -0.348 e. The fourth-order valence-corrected chi connectivity index (χ4v) is 3.16. The summed E-state index contributed by atoms with van der Waals surface area (Å²) in [4.78, 5) is 25.0. The molecule has 8 heteroatoms. The van der Waals surface area contributed by atoms with Crippen molar-refractivity contribution in [2.24, 2.45) is 0 Å². The first-order valence-electron chi connectivity index (χ1n) is 8.45. The summed E-state index contributed by atoms with van der Waals surface area (Å²) in [5.41, 5.74) is 3.60. The van der Waals surface area contributed by atoms with Crippen LogP contribution in [0.15, 0.2) is 64.4 Å². The molecule has 1 aromatic heterocycles. The van der Waals surface area contributed by atoms with Gasteiger partial charge in [0, 0.05) is 17.8 Å². The highest BCUT2D eigenvalue weighted by Gasteiger charge is 2.32. The standard InChI is InChI=1S/C19H17N5O3/c1-11-15(18(25)20-10-12-6-3-2-4-7-12)17(22-19(26)21-11)13-8-5-9-14-16(13)24-27-23-14/h2-9,17H,10H2,1H3,(H,20,25)(H2,21,22,26). The van der Waals surface area contributed by atoms with Crippen LogP contribution in [0.4, 0.5) is 4.79 Å². The van der Waals surface area contributed by atoms with Crippen molar-refractivity contribution in [2.75, 3.05) is 0 Å². The van der Waals surface area contributed by atoms with Crippen LogP contribution in [-0.2, 0) is 11.3 Å². The number of carbonyl (C=O) groups is 2. The van der Waals surface area contributed by atoms with Crippen LogP contribution in [0.1, 0.15) is 24.1 Å². The van der Waals surface area contributed by atoms with E-state index in [4.69, 9.17) is 4.63 Å². The van der Waals surface area contributed by atoms with E-state index in [0.29, 0.717) is 34.4 Å². The Morgan fingerprint density at radius 1 is 1.15 bits per heavy atom. The summed E-state index contributed by atoms with van der Waals surface area (Å²) in [6.45, 7) is 2.08. The van der Waals surface area contributed by atoms with Crippen molar-refractivity contribution in [2.45, 2.75) is 19.5 Å². The average molecular weight is 363 g/mol. The van der Waals surface area contributed by atoms with Gasteiger partial charge in [0.15, 0.2) is 0 Å². The summed E-state index contributed by atoms with van der Waals surface area (Å²) < 4.78 is 4.81. The van der Waals surface area contributed by atoms with E-state index >= 15 is 0 Å². The van der Waals surface area contributed by atoms with Gasteiger partial charge in [0.2, 0.25) is 0 Å². The SMILES string of the molecule is CC1=C(C(=O)NCc2ccccc2)C(c2cccc3nonc23)NC(=O)N1. The van der Waals surface area contributed by atoms with E-state index < -0.39 is 6.04 Å². The number of aromatic nitrogens is 2. The van der Waals surface area contributed by atoms with Crippen LogP contribution in [-0.4, -0.2) is 22.3 Å². The third-order valence-electron chi connectivity index (χ3n) is 4.44. The predicted molar refractivity (Wildman–Crippen MR) is 97.2 cm³/mol. The quantitative estimate of drug-likeness (QED) is 0.658. The van der Waals surface area contributed by atoms with E-state index in [0.717, 1.165) is 5.56 Å². The molecule has 0 saturated heterocycles. The molecule has 0 saturated carbocycles. The molecular weight excluding hydrogens is 346 g/mol. The molecule has 1 aliphatic rings. The van der Waals surface area contributed by atoms with Crippen LogP contribution >= 0.6 is 0 Å². The minimum absolute atomic E-state index is 0.276. The summed E-state index contributed by atoms with van der Waals surface area (Å²) in [5, 5.41) is 16.1. The second-order valence-corrected chi connectivity index (χ2v) is 6.22. The lowest BCUT2D eigenvalue weighted by Crippen LogP contribution is -2.47. The van der Waals surface area contributed by atoms with E-state index in [1.165, 1.54) is 0 Å². The number of hydrogen-bond acceptors (Lipinski definition) is 5. The molecule has 1 aliphatic heterocycles. The first kappa shape index (κ1) is 16.8. The molecule has 2 aromatic carbocycles. The Morgan fingerprint density at radius 2 is 1.96 bits per heavy atom. The predicted octanol–water partition coefficient (Wildman–Crippen LogP) is 2.17. The zero-order valence-electron chi connectivity index (χ0n) is 14.5. The van der Waals surface area contributed by atoms with Gasteiger partial charge in [0.1, 0.15) is 11.0 Å². The van der Waals surface area contributed by atoms with Crippen molar-refractivity contribution in [3.05, 3.63) is 70.9 Å². The minimum atomic E-state index is -0.662. The molecule has 3 N–H and O–H groups in total. The summed E-state index contributed by atoms with van der Waals surface area (Å²) >= 11 is 0. The van der Waals surface area contributed by atoms with Crippen LogP contribution in [0.5, 0.6) is 0 Å². The van der Waals surface area contributed by atoms with Crippen LogP contribution in [0, 0.1) is 0 Å². The van der Waals surface area contributed by atoms with Crippen LogP contribution < -0.4 is 16.0 Å². The molecule has 8 nitrogen and oxygen atoms in total. The Morgan fingerprint density at radius 3 is 2.78 bits per heavy atom. The summed E-state index contributed by atoms with van der Waals surface area (Å²) in [6.07, 6.45) is 0. The monoisotopic (exact) mass is 363 g/mol. The highest BCUT2D eigenvalue weighted by Crippen LogP contribution is 2.30. The first-order chi connectivity index (χ1) is 13.1. The van der Waals surface area contributed by atoms with E-state index in [-0.39, 0.29) is 11.9 Å². The van der Waals surface area contributed by atoms with Gasteiger partial charge in [-0.15, -0.1) is 0 Å². The van der Waals surface area contributed by atoms with E-state index in [1.54, 1.807) is 25.1 Å². The molecule has 1 atom stereocenters. The molecule has 3 amide bonds. The zero-order chi connectivity index (χ0) is 18.8. The van der Waals surface area contributed by atoms with Gasteiger partial charge >= 0.3 is 6.03 Å². The number of nitrogens with one attached hydrogen (secondary N) is 3. The molecule has 136 valence electrons. The van der Waals surface area contributed by atoms with Crippen molar-refractivity contribution in [1.82, 2.24) is 26.3 Å². The molecule has 3 aromatic rings. The molecule has 1 unspecified atom stereocenters. The molecular formula is C19H17N5O3. The molecule has 0 fully saturated rings. The Kier molecular flexibility index (Phi) is 4.29. The van der Waals surface area contributed by atoms with Crippen molar-refractivity contribution >= 4 is 23.0 Å². The molecule has 0 radical (unpaired) electrons. The molecule has 4 rings (SSSR count). The topological polar surface area (TPSA) is 109 Å². The lowest BCUT2D eigenvalue weighted by atomic mass is 9.94. The molecule has 0 bridgehead atoms. The number of hydrogen-bond donors (Lipinski definition) is 3. The number of carbonyl (C=O) groups excluding carboxylic acids is 2. The van der Waals surface area contributed by atoms with E-state index in [1.807, 2.05) is 30.3 Å². The third kappa shape index (κ3) is 3.24. The number of nitrogens with zero attached hydrogens (tertiary/aromatic N) is 2. The number of urea groups is 1. The maximum Gasteiger partial charge on any atom is 0.319 e. The fraction of sp³-hybridized carbons (Fsp3) is 0.158. The largest absolute Gasteiger partial charge is 0.348 e. The van der Waals surface area contributed by atoms with Crippen molar-refractivity contribution in [3.63, 3.8) is 0 Å². The zero-order valence-corrected chi connectivity index (χ0v) is 14.5. The number of rotatable bonds is 4. The summed E-state index contributed by atoms with van der Waals surface area (Å²) in [7, 11) is 0. The van der Waals surface area contributed by atoms with Gasteiger partial charge in [-0.25, -0.2) is 9.42 Å². The van der Waals surface area contributed by atoms with Gasteiger partial charge in [-0.3, -0.25) is 4.79 Å². The van der Waals surface area contributed by atoms with Crippen LogP contribution in [0.3, 0.4) is 0 Å². The number of allylic oxidation sites excluding steroid dienone is 1. The first-order valence-corrected chi connectivity index (χ1v) is 8.45. The number of benzene rings is 2. The fourth-order valence-electron chi connectivity index (χ4n) is 3.16. The van der Waals surface area contributed by atoms with Gasteiger partial charge in [-0.1, -0.05) is 42.5 Å². The van der Waals surface area contributed by atoms with Crippen molar-refractivity contribution < 1.29 is 14.2 Å². The Labute approximate surface area is 154 Å². The van der Waals surface area contributed by atoms with Gasteiger partial charge in [-0.2, -0.15) is 0 Å². The average Bonchev–Trinajstić information content (AvgIpc) is 3.15. The second-order valence-electron chi connectivity index (χ2n) is 6.22. The molecule has 0 spiro atoms. The lowest BCUT2D eigenvalue weighted by Gasteiger charge is -2.28. The smallest absolute Gasteiger partial charge is 0.319 e. The molecule has 27 heavy (non-hydrogen) atoms. The van der Waals surface area contributed by atoms with Crippen LogP contribution in [0.2, 0.25) is 0 Å². The number of amides is 3. The summed E-state index contributed by atoms with van der Waals surface area (Å²) in [5.74, 6) is -0.276. The van der Waals surface area contributed by atoms with Gasteiger partial charge in [0.25, 0.3) is 5.91 Å². The molecule has 2 heterocycles. The maximum atomic E-state index is 12.9.